The maximum Gasteiger partial charge on any atom is 0.164 e. The summed E-state index contributed by atoms with van der Waals surface area (Å²) in [5.74, 6) is 1.77. The zero-order valence-corrected chi connectivity index (χ0v) is 37.9. The maximum absolute atomic E-state index is 6.68. The smallest absolute Gasteiger partial charge is 0.164 e. The summed E-state index contributed by atoms with van der Waals surface area (Å²) in [4.78, 5) is 15.8. The highest BCUT2D eigenvalue weighted by Crippen LogP contribution is 2.46. The number of nitrogens with zero attached hydrogens (tertiary/aromatic N) is 4. The molecule has 6 heteroatoms. The fraction of sp³-hybridized carbons (Fsp3) is 0. The van der Waals surface area contributed by atoms with E-state index < -0.39 is 0 Å². The minimum absolute atomic E-state index is 0.575. The lowest BCUT2D eigenvalue weighted by molar-refractivity contribution is 0.669. The number of hydrogen-bond acceptors (Lipinski definition) is 5. The molecule has 0 amide bonds. The van der Waals surface area contributed by atoms with Crippen molar-refractivity contribution in [3.63, 3.8) is 0 Å². The van der Waals surface area contributed by atoms with Crippen LogP contribution in [0.15, 0.2) is 235 Å². The molecular formula is C63H38N4OS. The highest BCUT2D eigenvalue weighted by molar-refractivity contribution is 7.26. The van der Waals surface area contributed by atoms with Gasteiger partial charge in [0.2, 0.25) is 0 Å². The molecule has 4 aromatic heterocycles. The zero-order chi connectivity index (χ0) is 45.4. The summed E-state index contributed by atoms with van der Waals surface area (Å²) in [7, 11) is 0. The van der Waals surface area contributed by atoms with Crippen LogP contribution in [0.25, 0.3) is 137 Å². The predicted octanol–water partition coefficient (Wildman–Crippen LogP) is 17.2. The van der Waals surface area contributed by atoms with Crippen molar-refractivity contribution in [2.75, 3.05) is 0 Å². The van der Waals surface area contributed by atoms with E-state index in [1.165, 1.54) is 53.2 Å². The van der Waals surface area contributed by atoms with E-state index in [2.05, 4.69) is 211 Å². The Kier molecular flexibility index (Phi) is 9.00. The third kappa shape index (κ3) is 6.49. The average Bonchev–Trinajstić information content (AvgIpc) is 4.11. The molecule has 0 aliphatic carbocycles. The Hall–Kier alpha value is -8.97. The Morgan fingerprint density at radius 3 is 1.51 bits per heavy atom. The first-order chi connectivity index (χ1) is 34.2. The van der Waals surface area contributed by atoms with E-state index in [0.717, 1.165) is 66.4 Å². The molecule has 14 aromatic rings. The van der Waals surface area contributed by atoms with Gasteiger partial charge in [0.25, 0.3) is 0 Å². The van der Waals surface area contributed by atoms with Gasteiger partial charge in [0.15, 0.2) is 17.5 Å². The van der Waals surface area contributed by atoms with Gasteiger partial charge in [-0.2, -0.15) is 0 Å². The zero-order valence-electron chi connectivity index (χ0n) is 37.0. The number of aromatic nitrogens is 4. The van der Waals surface area contributed by atoms with Gasteiger partial charge in [-0.1, -0.05) is 170 Å². The molecule has 69 heavy (non-hydrogen) atoms. The number of thiophene rings is 1. The van der Waals surface area contributed by atoms with Crippen molar-refractivity contribution in [2.24, 2.45) is 0 Å². The van der Waals surface area contributed by atoms with Crippen LogP contribution in [-0.4, -0.2) is 19.5 Å². The lowest BCUT2D eigenvalue weighted by Gasteiger charge is -2.12. The van der Waals surface area contributed by atoms with Crippen LogP contribution in [0.4, 0.5) is 0 Å². The second-order valence-electron chi connectivity index (χ2n) is 17.5. The average molecular weight is 899 g/mol. The lowest BCUT2D eigenvalue weighted by atomic mass is 9.96. The highest BCUT2D eigenvalue weighted by Gasteiger charge is 2.22. The monoisotopic (exact) mass is 898 g/mol. The summed E-state index contributed by atoms with van der Waals surface area (Å²) in [6.07, 6.45) is 0. The van der Waals surface area contributed by atoms with E-state index >= 15 is 0 Å². The van der Waals surface area contributed by atoms with Crippen LogP contribution in [0, 0.1) is 0 Å². The van der Waals surface area contributed by atoms with E-state index in [1.54, 1.807) is 0 Å². The molecule has 0 atom stereocenters. The largest absolute Gasteiger partial charge is 0.456 e. The number of benzene rings is 10. The third-order valence-electron chi connectivity index (χ3n) is 13.5. The standard InChI is InChI=1S/C63H38N4OS/c1-3-16-39(17-4-1)41-20-11-22-44(36-41)61-64-62(45-23-12-21-42(37-45)40-18-5-2-6-19-40)66-63(65-61)49-27-13-31-55-58(49)50-38-43(34-35-54(50)68-55)46-26-14-32-56-59(46)60-53(30-15-33-57(60)69-56)67-51-28-9-7-24-47(51)48-25-8-10-29-52(48)67/h1-38H. The van der Waals surface area contributed by atoms with E-state index in [0.29, 0.717) is 17.5 Å². The summed E-state index contributed by atoms with van der Waals surface area (Å²) in [6.45, 7) is 0. The number of fused-ring (bicyclic) bond motifs is 9. The molecule has 0 bridgehead atoms. The van der Waals surface area contributed by atoms with Crippen LogP contribution in [0.1, 0.15) is 0 Å². The molecule has 0 spiro atoms. The first-order valence-corrected chi connectivity index (χ1v) is 24.0. The van der Waals surface area contributed by atoms with Crippen molar-refractivity contribution in [1.82, 2.24) is 19.5 Å². The van der Waals surface area contributed by atoms with Gasteiger partial charge in [0.05, 0.1) is 16.7 Å². The summed E-state index contributed by atoms with van der Waals surface area (Å²) in [6, 6.07) is 81.5. The van der Waals surface area contributed by atoms with E-state index in [-0.39, 0.29) is 0 Å². The Bertz CT molecular complexity index is 4160. The molecule has 0 fully saturated rings. The molecule has 0 saturated heterocycles. The van der Waals surface area contributed by atoms with Gasteiger partial charge in [-0.25, -0.2) is 15.0 Å². The molecule has 14 rings (SSSR count). The van der Waals surface area contributed by atoms with Gasteiger partial charge in [-0.15, -0.1) is 11.3 Å². The van der Waals surface area contributed by atoms with Crippen LogP contribution in [-0.2, 0) is 0 Å². The van der Waals surface area contributed by atoms with Crippen molar-refractivity contribution in [2.45, 2.75) is 0 Å². The summed E-state index contributed by atoms with van der Waals surface area (Å²) >= 11 is 1.84. The molecule has 0 radical (unpaired) electrons. The van der Waals surface area contributed by atoms with Crippen molar-refractivity contribution < 1.29 is 4.42 Å². The van der Waals surface area contributed by atoms with Crippen LogP contribution >= 0.6 is 11.3 Å². The quantitative estimate of drug-likeness (QED) is 0.160. The van der Waals surface area contributed by atoms with Gasteiger partial charge < -0.3 is 8.98 Å². The first-order valence-electron chi connectivity index (χ1n) is 23.2. The third-order valence-corrected chi connectivity index (χ3v) is 14.6. The number of furan rings is 1. The SMILES string of the molecule is c1ccc(-c2cccc(-c3nc(-c4cccc(-c5ccccc5)c4)nc(-c4cccc5oc6ccc(-c7cccc8sc9cccc(-n%10c%11ccccc%11c%11ccccc%11%10)c9c78)cc6c45)n3)c2)cc1. The fourth-order valence-electron chi connectivity index (χ4n) is 10.3. The summed E-state index contributed by atoms with van der Waals surface area (Å²) in [5.41, 5.74) is 14.5. The minimum Gasteiger partial charge on any atom is -0.456 e. The van der Waals surface area contributed by atoms with Gasteiger partial charge in [0, 0.05) is 58.4 Å². The van der Waals surface area contributed by atoms with Gasteiger partial charge in [0.1, 0.15) is 11.2 Å². The van der Waals surface area contributed by atoms with E-state index in [4.69, 9.17) is 19.4 Å². The summed E-state index contributed by atoms with van der Waals surface area (Å²) in [5, 5.41) is 6.94. The molecule has 0 unspecified atom stereocenters. The Balaban J connectivity index is 0.971. The van der Waals surface area contributed by atoms with E-state index in [1.807, 2.05) is 35.6 Å². The normalized spacial score (nSPS) is 11.8. The number of hydrogen-bond donors (Lipinski definition) is 0. The number of para-hydroxylation sites is 2. The van der Waals surface area contributed by atoms with Crippen molar-refractivity contribution in [3.05, 3.63) is 231 Å². The van der Waals surface area contributed by atoms with Gasteiger partial charge in [-0.05, 0) is 94.0 Å². The Morgan fingerprint density at radius 1 is 0.319 bits per heavy atom. The van der Waals surface area contributed by atoms with Gasteiger partial charge >= 0.3 is 0 Å². The fourth-order valence-corrected chi connectivity index (χ4v) is 11.5. The van der Waals surface area contributed by atoms with Crippen LogP contribution < -0.4 is 0 Å². The van der Waals surface area contributed by atoms with Crippen molar-refractivity contribution >= 4 is 75.3 Å². The van der Waals surface area contributed by atoms with Crippen LogP contribution in [0.2, 0.25) is 0 Å². The van der Waals surface area contributed by atoms with Crippen LogP contribution in [0.3, 0.4) is 0 Å². The second-order valence-corrected chi connectivity index (χ2v) is 18.6. The summed E-state index contributed by atoms with van der Waals surface area (Å²) < 4.78 is 11.6. The predicted molar refractivity (Wildman–Crippen MR) is 287 cm³/mol. The van der Waals surface area contributed by atoms with Gasteiger partial charge in [-0.3, -0.25) is 0 Å². The first kappa shape index (κ1) is 39.2. The second kappa shape index (κ2) is 15.8. The van der Waals surface area contributed by atoms with Crippen LogP contribution in [0.5, 0.6) is 0 Å². The molecule has 322 valence electrons. The highest BCUT2D eigenvalue weighted by atomic mass is 32.1. The Morgan fingerprint density at radius 2 is 0.841 bits per heavy atom. The van der Waals surface area contributed by atoms with E-state index in [9.17, 15) is 0 Å². The lowest BCUT2D eigenvalue weighted by Crippen LogP contribution is -2.00. The maximum atomic E-state index is 6.68. The molecular weight excluding hydrogens is 861 g/mol. The minimum atomic E-state index is 0.575. The Labute approximate surface area is 400 Å². The van der Waals surface area contributed by atoms with Crippen molar-refractivity contribution in [3.8, 4) is 73.2 Å². The molecule has 0 aliphatic heterocycles. The number of rotatable bonds is 7. The van der Waals surface area contributed by atoms with Crippen molar-refractivity contribution in [1.29, 1.82) is 0 Å². The molecule has 0 saturated carbocycles. The molecule has 5 nitrogen and oxygen atoms in total. The molecule has 4 heterocycles. The topological polar surface area (TPSA) is 56.7 Å². The molecule has 0 N–H and O–H groups in total. The molecule has 0 aliphatic rings. The molecule has 10 aromatic carbocycles.